The highest BCUT2D eigenvalue weighted by Crippen LogP contribution is 2.34. The molecule has 1 heterocycles. The van der Waals surface area contributed by atoms with Gasteiger partial charge in [0.05, 0.1) is 14.8 Å². The van der Waals surface area contributed by atoms with Crippen LogP contribution in [0.5, 0.6) is 0 Å². The van der Waals surface area contributed by atoms with E-state index in [-0.39, 0.29) is 27.4 Å². The summed E-state index contributed by atoms with van der Waals surface area (Å²) in [6, 6.07) is 17.2. The first kappa shape index (κ1) is 24.7. The van der Waals surface area contributed by atoms with Gasteiger partial charge in [0.25, 0.3) is 11.6 Å². The topological polar surface area (TPSA) is 101 Å². The van der Waals surface area contributed by atoms with Crippen LogP contribution in [0, 0.1) is 17.0 Å². The maximum atomic E-state index is 13.3. The van der Waals surface area contributed by atoms with E-state index in [2.05, 4.69) is 11.0 Å². The highest BCUT2D eigenvalue weighted by Gasteiger charge is 2.33. The van der Waals surface area contributed by atoms with Crippen LogP contribution in [0.2, 0.25) is 5.02 Å². The molecule has 182 valence electrons. The largest absolute Gasteiger partial charge is 0.368 e. The highest BCUT2D eigenvalue weighted by molar-refractivity contribution is 7.91. The van der Waals surface area contributed by atoms with E-state index in [1.807, 2.05) is 32.0 Å². The molecule has 0 radical (unpaired) electrons. The first-order chi connectivity index (χ1) is 16.6. The van der Waals surface area contributed by atoms with E-state index in [9.17, 15) is 23.3 Å². The fraction of sp³-hybridized carbons (Fsp3) is 0.240. The monoisotopic (exact) mass is 513 g/mol. The molecule has 1 amide bonds. The van der Waals surface area contributed by atoms with Crippen molar-refractivity contribution in [2.75, 3.05) is 24.5 Å². The fourth-order valence-electron chi connectivity index (χ4n) is 4.29. The number of nitro benzene ring substituents is 1. The summed E-state index contributed by atoms with van der Waals surface area (Å²) >= 11 is 6.04. The maximum absolute atomic E-state index is 13.3. The molecule has 3 aromatic rings. The Hall–Kier alpha value is -3.43. The second-order valence-corrected chi connectivity index (χ2v) is 10.8. The van der Waals surface area contributed by atoms with Crippen molar-refractivity contribution in [3.8, 4) is 0 Å². The van der Waals surface area contributed by atoms with Crippen molar-refractivity contribution in [2.45, 2.75) is 29.7 Å². The van der Waals surface area contributed by atoms with Crippen molar-refractivity contribution in [2.24, 2.45) is 0 Å². The van der Waals surface area contributed by atoms with Gasteiger partial charge in [-0.25, -0.2) is 8.42 Å². The molecule has 10 heteroatoms. The molecule has 3 aromatic carbocycles. The molecule has 1 saturated heterocycles. The predicted molar refractivity (Wildman–Crippen MR) is 134 cm³/mol. The number of carbonyl (C=O) groups is 1. The second-order valence-electron chi connectivity index (χ2n) is 8.51. The van der Waals surface area contributed by atoms with E-state index in [4.69, 9.17) is 11.6 Å². The number of nitro groups is 1. The second kappa shape index (κ2) is 9.67. The number of rotatable bonds is 5. The van der Waals surface area contributed by atoms with Crippen molar-refractivity contribution in [3.05, 3.63) is 93.0 Å². The molecule has 0 bridgehead atoms. The summed E-state index contributed by atoms with van der Waals surface area (Å²) in [5.41, 5.74) is 1.62. The molecule has 1 fully saturated rings. The summed E-state index contributed by atoms with van der Waals surface area (Å²) < 4.78 is 26.2. The van der Waals surface area contributed by atoms with Crippen LogP contribution < -0.4 is 4.90 Å². The van der Waals surface area contributed by atoms with Crippen LogP contribution in [0.1, 0.15) is 22.8 Å². The average molecular weight is 514 g/mol. The number of anilines is 1. The van der Waals surface area contributed by atoms with Gasteiger partial charge >= 0.3 is 0 Å². The number of amides is 1. The molecule has 1 aliphatic rings. The van der Waals surface area contributed by atoms with E-state index >= 15 is 0 Å². The summed E-state index contributed by atoms with van der Waals surface area (Å²) in [5, 5.41) is 11.8. The SMILES string of the molecule is Cc1cccc(N2CCN(C(=O)c3ccc(S(=O)(=O)c4ccccc4Cl)c([N+](=O)[O-])c3)C(C)C2)c1. The summed E-state index contributed by atoms with van der Waals surface area (Å²) in [6.07, 6.45) is 0. The van der Waals surface area contributed by atoms with Gasteiger partial charge < -0.3 is 9.80 Å². The number of nitrogens with zero attached hydrogens (tertiary/aromatic N) is 3. The minimum atomic E-state index is -4.27. The van der Waals surface area contributed by atoms with E-state index < -0.39 is 25.3 Å². The number of benzene rings is 3. The third kappa shape index (κ3) is 4.87. The zero-order chi connectivity index (χ0) is 25.3. The Bertz CT molecular complexity index is 1410. The standard InChI is InChI=1S/C25H24ClN3O5S/c1-17-6-5-7-20(14-17)27-12-13-28(18(2)16-27)25(30)19-10-11-24(22(15-19)29(31)32)35(33,34)23-9-4-3-8-21(23)26/h3-11,14-15,18H,12-13,16H2,1-2H3. The Morgan fingerprint density at radius 1 is 1.03 bits per heavy atom. The number of hydrogen-bond acceptors (Lipinski definition) is 6. The van der Waals surface area contributed by atoms with E-state index in [0.29, 0.717) is 19.6 Å². The molecule has 0 spiro atoms. The quantitative estimate of drug-likeness (QED) is 0.361. The Morgan fingerprint density at radius 2 is 1.77 bits per heavy atom. The molecule has 0 aliphatic carbocycles. The Balaban J connectivity index is 1.61. The van der Waals surface area contributed by atoms with Crippen LogP contribution in [0.25, 0.3) is 0 Å². The Morgan fingerprint density at radius 3 is 2.43 bits per heavy atom. The zero-order valence-corrected chi connectivity index (χ0v) is 20.8. The van der Waals surface area contributed by atoms with Crippen LogP contribution in [0.3, 0.4) is 0 Å². The molecule has 35 heavy (non-hydrogen) atoms. The minimum absolute atomic E-state index is 0.0396. The lowest BCUT2D eigenvalue weighted by Crippen LogP contribution is -2.54. The van der Waals surface area contributed by atoms with Gasteiger partial charge in [-0.3, -0.25) is 14.9 Å². The third-order valence-electron chi connectivity index (χ3n) is 6.07. The van der Waals surface area contributed by atoms with Crippen molar-refractivity contribution in [3.63, 3.8) is 0 Å². The van der Waals surface area contributed by atoms with Crippen LogP contribution in [0.4, 0.5) is 11.4 Å². The molecule has 0 N–H and O–H groups in total. The molecule has 0 aromatic heterocycles. The van der Waals surface area contributed by atoms with Crippen LogP contribution >= 0.6 is 11.6 Å². The molecule has 8 nitrogen and oxygen atoms in total. The lowest BCUT2D eigenvalue weighted by molar-refractivity contribution is -0.387. The van der Waals surface area contributed by atoms with Gasteiger partial charge in [0.2, 0.25) is 9.84 Å². The number of halogens is 1. The average Bonchev–Trinajstić information content (AvgIpc) is 2.83. The zero-order valence-electron chi connectivity index (χ0n) is 19.2. The number of sulfone groups is 1. The first-order valence-corrected chi connectivity index (χ1v) is 12.9. The third-order valence-corrected chi connectivity index (χ3v) is 8.37. The summed E-state index contributed by atoms with van der Waals surface area (Å²) in [5.74, 6) is -0.383. The van der Waals surface area contributed by atoms with E-state index in [1.54, 1.807) is 11.0 Å². The van der Waals surface area contributed by atoms with Gasteiger partial charge in [-0.05, 0) is 55.8 Å². The van der Waals surface area contributed by atoms with Crippen molar-refractivity contribution in [1.82, 2.24) is 4.90 Å². The van der Waals surface area contributed by atoms with Gasteiger partial charge in [0.15, 0.2) is 0 Å². The Kier molecular flexibility index (Phi) is 6.82. The van der Waals surface area contributed by atoms with Gasteiger partial charge in [0, 0.05) is 43.0 Å². The summed E-state index contributed by atoms with van der Waals surface area (Å²) in [6.45, 7) is 5.60. The molecule has 4 rings (SSSR count). The maximum Gasteiger partial charge on any atom is 0.289 e. The van der Waals surface area contributed by atoms with Crippen LogP contribution in [-0.4, -0.2) is 49.8 Å². The van der Waals surface area contributed by atoms with Gasteiger partial charge in [0.1, 0.15) is 4.90 Å². The van der Waals surface area contributed by atoms with Gasteiger partial charge in [-0.1, -0.05) is 35.9 Å². The summed E-state index contributed by atoms with van der Waals surface area (Å²) in [7, 11) is -4.27. The first-order valence-electron chi connectivity index (χ1n) is 11.0. The molecule has 1 aliphatic heterocycles. The number of piperazine rings is 1. The van der Waals surface area contributed by atoms with Crippen LogP contribution in [0.15, 0.2) is 76.5 Å². The Labute approximate surface area is 208 Å². The number of carbonyl (C=O) groups excluding carboxylic acids is 1. The normalized spacial score (nSPS) is 16.3. The van der Waals surface area contributed by atoms with E-state index in [0.717, 1.165) is 23.4 Å². The molecular weight excluding hydrogens is 490 g/mol. The number of aryl methyl sites for hydroxylation is 1. The predicted octanol–water partition coefficient (Wildman–Crippen LogP) is 4.74. The highest BCUT2D eigenvalue weighted by atomic mass is 35.5. The van der Waals surface area contributed by atoms with Crippen LogP contribution in [-0.2, 0) is 9.84 Å². The summed E-state index contributed by atoms with van der Waals surface area (Å²) in [4.78, 5) is 27.4. The van der Waals surface area contributed by atoms with Gasteiger partial charge in [-0.2, -0.15) is 0 Å². The van der Waals surface area contributed by atoms with Gasteiger partial charge in [-0.15, -0.1) is 0 Å². The fourth-order valence-corrected chi connectivity index (χ4v) is 6.20. The smallest absolute Gasteiger partial charge is 0.289 e. The molecule has 0 saturated carbocycles. The van der Waals surface area contributed by atoms with Crippen molar-refractivity contribution >= 4 is 38.7 Å². The molecule has 1 unspecified atom stereocenters. The van der Waals surface area contributed by atoms with Crippen molar-refractivity contribution in [1.29, 1.82) is 0 Å². The van der Waals surface area contributed by atoms with Crippen molar-refractivity contribution < 1.29 is 18.1 Å². The number of hydrogen-bond donors (Lipinski definition) is 0. The minimum Gasteiger partial charge on any atom is -0.368 e. The van der Waals surface area contributed by atoms with E-state index in [1.165, 1.54) is 24.3 Å². The lowest BCUT2D eigenvalue weighted by Gasteiger charge is -2.41. The molecular formula is C25H24ClN3O5S. The lowest BCUT2D eigenvalue weighted by atomic mass is 10.1. The molecule has 1 atom stereocenters.